The zero-order valence-electron chi connectivity index (χ0n) is 18.3. The molecule has 2 heterocycles. The highest BCUT2D eigenvalue weighted by atomic mass is 32.2. The van der Waals surface area contributed by atoms with Crippen LogP contribution < -0.4 is 19.5 Å². The molecule has 4 aromatic rings. The van der Waals surface area contributed by atoms with Crippen LogP contribution in [0, 0.1) is 6.92 Å². The monoisotopic (exact) mass is 500 g/mol. The Kier molecular flexibility index (Phi) is 6.26. The van der Waals surface area contributed by atoms with Crippen LogP contribution in [0.1, 0.15) is 15.2 Å². The Morgan fingerprint density at radius 3 is 2.09 bits per heavy atom. The lowest BCUT2D eigenvalue weighted by molar-refractivity contribution is 0.0702. The molecule has 0 aliphatic carbocycles. The topological polar surface area (TPSA) is 140 Å². The molecule has 2 aromatic carbocycles. The highest BCUT2D eigenvalue weighted by Gasteiger charge is 2.25. The molecule has 0 spiro atoms. The van der Waals surface area contributed by atoms with E-state index in [2.05, 4.69) is 20.0 Å². The maximum Gasteiger partial charge on any atom is 0.345 e. The maximum absolute atomic E-state index is 13.2. The number of benzene rings is 2. The van der Waals surface area contributed by atoms with Gasteiger partial charge in [0.05, 0.1) is 25.3 Å². The van der Waals surface area contributed by atoms with Crippen LogP contribution in [-0.2, 0) is 10.0 Å². The molecule has 2 aromatic heterocycles. The Hall–Kier alpha value is -3.90. The van der Waals surface area contributed by atoms with Gasteiger partial charge in [-0.05, 0) is 30.7 Å². The fourth-order valence-corrected chi connectivity index (χ4v) is 5.73. The first kappa shape index (κ1) is 23.3. The minimum Gasteiger partial charge on any atom is -0.497 e. The third-order valence-electron chi connectivity index (χ3n) is 4.74. The smallest absolute Gasteiger partial charge is 0.345 e. The summed E-state index contributed by atoms with van der Waals surface area (Å²) in [5, 5.41) is 12.3. The zero-order chi connectivity index (χ0) is 24.5. The average molecular weight is 501 g/mol. The van der Waals surface area contributed by atoms with E-state index in [9.17, 15) is 18.3 Å². The minimum atomic E-state index is -4.15. The number of nitrogens with zero attached hydrogens (tertiary/aromatic N) is 2. The second-order valence-corrected chi connectivity index (χ2v) is 10.1. The lowest BCUT2D eigenvalue weighted by Gasteiger charge is -2.15. The van der Waals surface area contributed by atoms with Gasteiger partial charge in [0.15, 0.2) is 11.6 Å². The molecule has 176 valence electrons. The Morgan fingerprint density at radius 1 is 0.971 bits per heavy atom. The van der Waals surface area contributed by atoms with Crippen molar-refractivity contribution in [1.29, 1.82) is 0 Å². The van der Waals surface area contributed by atoms with Crippen LogP contribution in [0.3, 0.4) is 0 Å². The summed E-state index contributed by atoms with van der Waals surface area (Å²) >= 11 is 0.665. The van der Waals surface area contributed by atoms with E-state index < -0.39 is 16.0 Å². The number of aromatic nitrogens is 2. The SMILES string of the molecule is COc1cc(Nc2nc3ccccc3nc2NS(=O)(=O)c2sc(C(=O)O)cc2C)cc(OC)c1. The number of ether oxygens (including phenoxy) is 2. The first-order chi connectivity index (χ1) is 16.2. The fourth-order valence-electron chi connectivity index (χ4n) is 3.19. The van der Waals surface area contributed by atoms with Gasteiger partial charge in [0.2, 0.25) is 0 Å². The standard InChI is InChI=1S/C22H20N4O6S2/c1-12-8-18(21(27)28)33-22(12)34(29,30)26-20-19(24-16-6-4-5-7-17(16)25-20)23-13-9-14(31-2)11-15(10-13)32-3/h4-11H,1-3H3,(H,23,24)(H,25,26)(H,27,28). The highest BCUT2D eigenvalue weighted by Crippen LogP contribution is 2.33. The second-order valence-electron chi connectivity index (χ2n) is 7.13. The van der Waals surface area contributed by atoms with Crippen molar-refractivity contribution in [2.75, 3.05) is 24.3 Å². The molecule has 12 heteroatoms. The quantitative estimate of drug-likeness (QED) is 0.324. The Labute approximate surface area is 199 Å². The Bertz CT molecular complexity index is 1480. The molecule has 0 saturated heterocycles. The molecular weight excluding hydrogens is 480 g/mol. The largest absolute Gasteiger partial charge is 0.497 e. The van der Waals surface area contributed by atoms with E-state index in [1.807, 2.05) is 0 Å². The van der Waals surface area contributed by atoms with Crippen molar-refractivity contribution in [2.45, 2.75) is 11.1 Å². The number of nitrogens with one attached hydrogen (secondary N) is 2. The molecule has 3 N–H and O–H groups in total. The van der Waals surface area contributed by atoms with Crippen molar-refractivity contribution < 1.29 is 27.8 Å². The Balaban J connectivity index is 1.79. The number of fused-ring (bicyclic) bond motifs is 1. The van der Waals surface area contributed by atoms with Gasteiger partial charge >= 0.3 is 5.97 Å². The third kappa shape index (κ3) is 4.72. The van der Waals surface area contributed by atoms with Gasteiger partial charge in [0.1, 0.15) is 20.6 Å². The molecule has 10 nitrogen and oxygen atoms in total. The van der Waals surface area contributed by atoms with Crippen molar-refractivity contribution >= 4 is 55.7 Å². The third-order valence-corrected chi connectivity index (χ3v) is 7.94. The predicted molar refractivity (Wildman–Crippen MR) is 129 cm³/mol. The van der Waals surface area contributed by atoms with Crippen LogP contribution in [0.4, 0.5) is 17.3 Å². The number of rotatable bonds is 8. The van der Waals surface area contributed by atoms with Gasteiger partial charge in [-0.25, -0.2) is 23.2 Å². The lowest BCUT2D eigenvalue weighted by Crippen LogP contribution is -2.15. The van der Waals surface area contributed by atoms with E-state index in [1.54, 1.807) is 42.5 Å². The molecule has 0 aliphatic heterocycles. The average Bonchev–Trinajstić information content (AvgIpc) is 3.22. The van der Waals surface area contributed by atoms with Gasteiger partial charge in [-0.3, -0.25) is 4.72 Å². The number of thiophene rings is 1. The summed E-state index contributed by atoms with van der Waals surface area (Å²) in [5.74, 6) is -0.0638. The number of anilines is 3. The Morgan fingerprint density at radius 2 is 1.56 bits per heavy atom. The summed E-state index contributed by atoms with van der Waals surface area (Å²) in [7, 11) is -1.12. The first-order valence-corrected chi connectivity index (χ1v) is 12.1. The number of carbonyl (C=O) groups is 1. The van der Waals surface area contributed by atoms with Crippen LogP contribution in [-0.4, -0.2) is 43.7 Å². The number of carboxylic acids is 1. The van der Waals surface area contributed by atoms with Crippen molar-refractivity contribution in [3.63, 3.8) is 0 Å². The van der Waals surface area contributed by atoms with Crippen molar-refractivity contribution in [3.8, 4) is 11.5 Å². The second kappa shape index (κ2) is 9.15. The molecule has 0 unspecified atom stereocenters. The van der Waals surface area contributed by atoms with Gasteiger partial charge in [-0.15, -0.1) is 11.3 Å². The normalized spacial score (nSPS) is 11.3. The van der Waals surface area contributed by atoms with Crippen molar-refractivity contribution in [2.24, 2.45) is 0 Å². The molecule has 0 fully saturated rings. The number of para-hydroxylation sites is 2. The van der Waals surface area contributed by atoms with Crippen LogP contribution in [0.25, 0.3) is 11.0 Å². The van der Waals surface area contributed by atoms with Crippen LogP contribution >= 0.6 is 11.3 Å². The molecule has 34 heavy (non-hydrogen) atoms. The van der Waals surface area contributed by atoms with E-state index >= 15 is 0 Å². The van der Waals surface area contributed by atoms with E-state index in [4.69, 9.17) is 9.47 Å². The molecule has 0 saturated carbocycles. The molecule has 0 aliphatic rings. The number of carboxylic acid groups (broad SMARTS) is 1. The minimum absolute atomic E-state index is 0.0508. The zero-order valence-corrected chi connectivity index (χ0v) is 20.0. The molecule has 4 rings (SSSR count). The number of hydrogen-bond donors (Lipinski definition) is 3. The van der Waals surface area contributed by atoms with Crippen molar-refractivity contribution in [3.05, 3.63) is 59.0 Å². The lowest BCUT2D eigenvalue weighted by atomic mass is 10.2. The van der Waals surface area contributed by atoms with Crippen LogP contribution in [0.15, 0.2) is 52.7 Å². The van der Waals surface area contributed by atoms with E-state index in [1.165, 1.54) is 27.2 Å². The molecule has 0 atom stereocenters. The molecule has 0 radical (unpaired) electrons. The highest BCUT2D eigenvalue weighted by molar-refractivity contribution is 7.94. The number of sulfonamides is 1. The number of methoxy groups -OCH3 is 2. The van der Waals surface area contributed by atoms with E-state index in [-0.39, 0.29) is 20.7 Å². The maximum atomic E-state index is 13.2. The van der Waals surface area contributed by atoms with Gasteiger partial charge < -0.3 is 19.9 Å². The van der Waals surface area contributed by atoms with Crippen LogP contribution in [0.2, 0.25) is 0 Å². The van der Waals surface area contributed by atoms with Gasteiger partial charge in [-0.1, -0.05) is 12.1 Å². The predicted octanol–water partition coefficient (Wildman–Crippen LogP) is 4.26. The van der Waals surface area contributed by atoms with Gasteiger partial charge in [-0.2, -0.15) is 0 Å². The number of hydrogen-bond acceptors (Lipinski definition) is 9. The summed E-state index contributed by atoms with van der Waals surface area (Å²) in [6.07, 6.45) is 0. The van der Waals surface area contributed by atoms with Crippen LogP contribution in [0.5, 0.6) is 11.5 Å². The number of aryl methyl sites for hydroxylation is 1. The molecule has 0 amide bonds. The van der Waals surface area contributed by atoms with Gasteiger partial charge in [0, 0.05) is 23.9 Å². The van der Waals surface area contributed by atoms with E-state index in [0.29, 0.717) is 45.1 Å². The number of aromatic carboxylic acids is 1. The summed E-state index contributed by atoms with van der Waals surface area (Å²) < 4.78 is 39.3. The summed E-state index contributed by atoms with van der Waals surface area (Å²) in [5.41, 5.74) is 1.86. The summed E-state index contributed by atoms with van der Waals surface area (Å²) in [6.45, 7) is 1.53. The summed E-state index contributed by atoms with van der Waals surface area (Å²) in [6, 6.07) is 13.4. The van der Waals surface area contributed by atoms with E-state index in [0.717, 1.165) is 0 Å². The molecular formula is C22H20N4O6S2. The van der Waals surface area contributed by atoms with Gasteiger partial charge in [0.25, 0.3) is 10.0 Å². The van der Waals surface area contributed by atoms with Crippen molar-refractivity contribution in [1.82, 2.24) is 9.97 Å². The fraction of sp³-hybridized carbons (Fsp3) is 0.136. The molecule has 0 bridgehead atoms. The first-order valence-electron chi connectivity index (χ1n) is 9.83. The summed E-state index contributed by atoms with van der Waals surface area (Å²) in [4.78, 5) is 20.2.